The van der Waals surface area contributed by atoms with Crippen molar-refractivity contribution in [2.24, 2.45) is 0 Å². The summed E-state index contributed by atoms with van der Waals surface area (Å²) in [7, 11) is 0. The molecular formula is C6H9N5O2. The number of aromatic amines is 1. The Morgan fingerprint density at radius 1 is 1.77 bits per heavy atom. The van der Waals surface area contributed by atoms with Crippen LogP contribution in [-0.4, -0.2) is 33.3 Å². The van der Waals surface area contributed by atoms with Gasteiger partial charge in [0.15, 0.2) is 5.82 Å². The van der Waals surface area contributed by atoms with E-state index in [1.54, 1.807) is 0 Å². The predicted molar refractivity (Wildman–Crippen MR) is 42.6 cm³/mol. The molecule has 0 saturated carbocycles. The molecule has 7 nitrogen and oxygen atoms in total. The van der Waals surface area contributed by atoms with Crippen molar-refractivity contribution in [3.8, 4) is 0 Å². The molecule has 0 aliphatic carbocycles. The van der Waals surface area contributed by atoms with Crippen LogP contribution >= 0.6 is 0 Å². The fourth-order valence-electron chi connectivity index (χ4n) is 0.594. The number of H-pyrrole nitrogens is 1. The van der Waals surface area contributed by atoms with E-state index >= 15 is 0 Å². The summed E-state index contributed by atoms with van der Waals surface area (Å²) < 4.78 is 4.64. The highest BCUT2D eigenvalue weighted by Crippen LogP contribution is 1.83. The number of tetrazole rings is 1. The third-order valence-corrected chi connectivity index (χ3v) is 1.11. The van der Waals surface area contributed by atoms with E-state index in [9.17, 15) is 4.79 Å². The summed E-state index contributed by atoms with van der Waals surface area (Å²) in [5.74, 6) is 0.399. The van der Waals surface area contributed by atoms with E-state index in [1.807, 2.05) is 0 Å². The van der Waals surface area contributed by atoms with Crippen LogP contribution in [0.15, 0.2) is 12.7 Å². The summed E-state index contributed by atoms with van der Waals surface area (Å²) in [4.78, 5) is 10.8. The Morgan fingerprint density at radius 2 is 2.62 bits per heavy atom. The third kappa shape index (κ3) is 3.32. The monoisotopic (exact) mass is 183 g/mol. The number of hydrogen-bond donors (Lipinski definition) is 2. The minimum Gasteiger partial charge on any atom is -0.445 e. The number of carbonyl (C=O) groups excluding carboxylic acids is 1. The molecule has 1 aromatic rings. The highest BCUT2D eigenvalue weighted by atomic mass is 16.5. The van der Waals surface area contributed by atoms with Gasteiger partial charge in [-0.2, -0.15) is 5.21 Å². The predicted octanol–water partition coefficient (Wildman–Crippen LogP) is -0.388. The maximum absolute atomic E-state index is 10.8. The number of hydrogen-bond acceptors (Lipinski definition) is 5. The lowest BCUT2D eigenvalue weighted by molar-refractivity contribution is 0.157. The lowest BCUT2D eigenvalue weighted by atomic mass is 10.6. The summed E-state index contributed by atoms with van der Waals surface area (Å²) in [6.45, 7) is 3.76. The van der Waals surface area contributed by atoms with Gasteiger partial charge in [0, 0.05) is 0 Å². The van der Waals surface area contributed by atoms with Crippen molar-refractivity contribution < 1.29 is 9.53 Å². The number of rotatable bonds is 4. The molecule has 0 atom stereocenters. The molecule has 0 radical (unpaired) electrons. The molecule has 7 heteroatoms. The van der Waals surface area contributed by atoms with Crippen molar-refractivity contribution in [3.05, 3.63) is 18.5 Å². The van der Waals surface area contributed by atoms with Crippen LogP contribution in [0.1, 0.15) is 5.82 Å². The molecule has 1 heterocycles. The Labute approximate surface area is 74.2 Å². The maximum Gasteiger partial charge on any atom is 0.407 e. The van der Waals surface area contributed by atoms with Gasteiger partial charge in [-0.3, -0.25) is 0 Å². The van der Waals surface area contributed by atoms with E-state index < -0.39 is 6.09 Å². The van der Waals surface area contributed by atoms with Crippen LogP contribution in [0.5, 0.6) is 0 Å². The highest BCUT2D eigenvalue weighted by molar-refractivity contribution is 5.67. The van der Waals surface area contributed by atoms with Crippen LogP contribution in [0.4, 0.5) is 4.79 Å². The zero-order valence-electron chi connectivity index (χ0n) is 6.86. The summed E-state index contributed by atoms with van der Waals surface area (Å²) >= 11 is 0. The molecule has 1 amide bonds. The first-order valence-electron chi connectivity index (χ1n) is 3.56. The number of amides is 1. The Kier molecular flexibility index (Phi) is 3.43. The van der Waals surface area contributed by atoms with Crippen LogP contribution < -0.4 is 5.32 Å². The van der Waals surface area contributed by atoms with E-state index in [1.165, 1.54) is 6.08 Å². The normalized spacial score (nSPS) is 9.23. The molecule has 2 N–H and O–H groups in total. The van der Waals surface area contributed by atoms with E-state index in [0.717, 1.165) is 0 Å². The lowest BCUT2D eigenvalue weighted by Crippen LogP contribution is -2.24. The van der Waals surface area contributed by atoms with Crippen molar-refractivity contribution >= 4 is 6.09 Å². The first-order valence-corrected chi connectivity index (χ1v) is 3.56. The number of aromatic nitrogens is 4. The molecule has 0 unspecified atom stereocenters. The van der Waals surface area contributed by atoms with Gasteiger partial charge >= 0.3 is 6.09 Å². The van der Waals surface area contributed by atoms with Crippen LogP contribution in [0, 0.1) is 0 Å². The van der Waals surface area contributed by atoms with Crippen LogP contribution in [-0.2, 0) is 11.3 Å². The van der Waals surface area contributed by atoms with E-state index in [4.69, 9.17) is 0 Å². The van der Waals surface area contributed by atoms with Crippen LogP contribution in [0.3, 0.4) is 0 Å². The molecule has 1 aromatic heterocycles. The van der Waals surface area contributed by atoms with Crippen molar-refractivity contribution in [1.29, 1.82) is 0 Å². The zero-order chi connectivity index (χ0) is 9.52. The number of ether oxygens (including phenoxy) is 1. The molecular weight excluding hydrogens is 174 g/mol. The second kappa shape index (κ2) is 4.86. The van der Waals surface area contributed by atoms with Gasteiger partial charge in [0.25, 0.3) is 0 Å². The van der Waals surface area contributed by atoms with Crippen molar-refractivity contribution in [2.75, 3.05) is 6.61 Å². The third-order valence-electron chi connectivity index (χ3n) is 1.11. The molecule has 0 spiro atoms. The first-order chi connectivity index (χ1) is 6.33. The molecule has 0 saturated heterocycles. The second-order valence-electron chi connectivity index (χ2n) is 2.07. The molecule has 0 aliphatic heterocycles. The van der Waals surface area contributed by atoms with Gasteiger partial charge < -0.3 is 10.1 Å². The standard InChI is InChI=1S/C6H9N5O2/c1-2-3-13-6(12)7-4-5-8-10-11-9-5/h2H,1,3-4H2,(H,7,12)(H,8,9,10,11). The van der Waals surface area contributed by atoms with Gasteiger partial charge in [0.05, 0.1) is 6.54 Å². The largest absolute Gasteiger partial charge is 0.445 e. The summed E-state index contributed by atoms with van der Waals surface area (Å²) in [6, 6.07) is 0. The first kappa shape index (κ1) is 9.17. The summed E-state index contributed by atoms with van der Waals surface area (Å²) in [5.41, 5.74) is 0. The molecule has 0 fully saturated rings. The molecule has 0 bridgehead atoms. The molecule has 13 heavy (non-hydrogen) atoms. The summed E-state index contributed by atoms with van der Waals surface area (Å²) in [5, 5.41) is 15.3. The summed E-state index contributed by atoms with van der Waals surface area (Å²) in [6.07, 6.45) is 0.943. The van der Waals surface area contributed by atoms with E-state index in [2.05, 4.69) is 37.3 Å². The minimum atomic E-state index is -0.537. The maximum atomic E-state index is 10.8. The van der Waals surface area contributed by atoms with Crippen LogP contribution in [0.2, 0.25) is 0 Å². The SMILES string of the molecule is C=CCOC(=O)NCc1nn[nH]n1. The number of alkyl carbamates (subject to hydrolysis) is 1. The smallest absolute Gasteiger partial charge is 0.407 e. The van der Waals surface area contributed by atoms with Gasteiger partial charge in [-0.1, -0.05) is 17.9 Å². The molecule has 0 aromatic carbocycles. The highest BCUT2D eigenvalue weighted by Gasteiger charge is 2.02. The molecule has 0 aliphatic rings. The second-order valence-corrected chi connectivity index (χ2v) is 2.07. The van der Waals surface area contributed by atoms with Crippen LogP contribution in [0.25, 0.3) is 0 Å². The number of nitrogens with zero attached hydrogens (tertiary/aromatic N) is 3. The van der Waals surface area contributed by atoms with Gasteiger partial charge in [-0.15, -0.1) is 10.2 Å². The van der Waals surface area contributed by atoms with Crippen molar-refractivity contribution in [3.63, 3.8) is 0 Å². The fraction of sp³-hybridized carbons (Fsp3) is 0.333. The zero-order valence-corrected chi connectivity index (χ0v) is 6.86. The minimum absolute atomic E-state index is 0.179. The van der Waals surface area contributed by atoms with Crippen molar-refractivity contribution in [1.82, 2.24) is 25.9 Å². The molecule has 70 valence electrons. The molecule has 1 rings (SSSR count). The Morgan fingerprint density at radius 3 is 3.23 bits per heavy atom. The average molecular weight is 183 g/mol. The van der Waals surface area contributed by atoms with Gasteiger partial charge in [0.2, 0.25) is 0 Å². The van der Waals surface area contributed by atoms with E-state index in [0.29, 0.717) is 5.82 Å². The number of carbonyl (C=O) groups is 1. The fourth-order valence-corrected chi connectivity index (χ4v) is 0.594. The lowest BCUT2D eigenvalue weighted by Gasteiger charge is -2.01. The Balaban J connectivity index is 2.19. The van der Waals surface area contributed by atoms with E-state index in [-0.39, 0.29) is 13.2 Å². The average Bonchev–Trinajstić information content (AvgIpc) is 2.64. The quantitative estimate of drug-likeness (QED) is 0.620. The van der Waals surface area contributed by atoms with Gasteiger partial charge in [-0.05, 0) is 0 Å². The topological polar surface area (TPSA) is 92.8 Å². The number of nitrogens with one attached hydrogen (secondary N) is 2. The van der Waals surface area contributed by atoms with Crippen molar-refractivity contribution in [2.45, 2.75) is 6.54 Å². The Bertz CT molecular complexity index is 271. The Hall–Kier alpha value is -1.92. The van der Waals surface area contributed by atoms with Gasteiger partial charge in [0.1, 0.15) is 6.61 Å². The van der Waals surface area contributed by atoms with Gasteiger partial charge in [-0.25, -0.2) is 4.79 Å².